The molecule has 0 spiro atoms. The lowest BCUT2D eigenvalue weighted by Gasteiger charge is -2.16. The molecule has 2 aromatic heterocycles. The Labute approximate surface area is 207 Å². The van der Waals surface area contributed by atoms with Crippen molar-refractivity contribution >= 4 is 19.6 Å². The summed E-state index contributed by atoms with van der Waals surface area (Å²) in [6.45, 7) is 2.31. The fourth-order valence-corrected chi connectivity index (χ4v) is 3.27. The summed E-state index contributed by atoms with van der Waals surface area (Å²) >= 11 is 0. The molecule has 1 aromatic carbocycles. The molecule has 1 amide bonds. The molecule has 4 rings (SSSR count). The van der Waals surface area contributed by atoms with E-state index in [4.69, 9.17) is 24.0 Å². The number of carbonyl (C=O) groups is 1. The Morgan fingerprint density at radius 2 is 1.92 bits per heavy atom. The number of phosphoric acid groups is 1. The van der Waals surface area contributed by atoms with Crippen LogP contribution in [0, 0.1) is 5.82 Å². The first kappa shape index (κ1) is 28.1. The molecule has 37 heavy (non-hydrogen) atoms. The number of halogens is 3. The van der Waals surface area contributed by atoms with E-state index in [0.29, 0.717) is 23.6 Å². The van der Waals surface area contributed by atoms with Crippen LogP contribution in [0.25, 0.3) is 22.6 Å². The summed E-state index contributed by atoms with van der Waals surface area (Å²) in [5, 5.41) is 21.5. The third-order valence-corrected chi connectivity index (χ3v) is 4.92. The number of anilines is 1. The molecule has 17 heteroatoms. The number of hydrogen-bond donors (Lipinski definition) is 4. The van der Waals surface area contributed by atoms with Crippen molar-refractivity contribution in [3.05, 3.63) is 42.3 Å². The van der Waals surface area contributed by atoms with Gasteiger partial charge in [-0.1, -0.05) is 13.0 Å². The predicted octanol–water partition coefficient (Wildman–Crippen LogP) is 1.97. The summed E-state index contributed by atoms with van der Waals surface area (Å²) in [7, 11) is -4.64. The topological polar surface area (TPSA) is 184 Å². The zero-order valence-electron chi connectivity index (χ0n) is 19.1. The maximum Gasteiger partial charge on any atom is 0.466 e. The highest BCUT2D eigenvalue weighted by atomic mass is 31.2. The van der Waals surface area contributed by atoms with Crippen LogP contribution < -0.4 is 4.90 Å². The summed E-state index contributed by atoms with van der Waals surface area (Å²) in [6.07, 6.45) is -5.18. The third-order valence-electron chi connectivity index (χ3n) is 4.92. The third kappa shape index (κ3) is 7.53. The van der Waals surface area contributed by atoms with Crippen LogP contribution in [-0.4, -0.2) is 76.2 Å². The molecule has 1 unspecified atom stereocenters. The van der Waals surface area contributed by atoms with Gasteiger partial charge < -0.3 is 24.5 Å². The molecule has 200 valence electrons. The Hall–Kier alpha value is -3.43. The Morgan fingerprint density at radius 1 is 1.22 bits per heavy atom. The number of pyridine rings is 1. The Kier molecular flexibility index (Phi) is 8.94. The van der Waals surface area contributed by atoms with Crippen LogP contribution in [0.5, 0.6) is 0 Å². The molecule has 1 aliphatic heterocycles. The van der Waals surface area contributed by atoms with Crippen molar-refractivity contribution in [2.45, 2.75) is 38.5 Å². The number of aliphatic hydroxyl groups excluding tert-OH is 1. The minimum absolute atomic E-state index is 0.126. The Balaban J connectivity index is 0.000000695. The lowest BCUT2D eigenvalue weighted by Crippen LogP contribution is -2.36. The van der Waals surface area contributed by atoms with Crippen molar-refractivity contribution in [1.29, 1.82) is 0 Å². The molecule has 3 aromatic rings. The number of aromatic nitrogens is 5. The van der Waals surface area contributed by atoms with Crippen LogP contribution in [0.2, 0.25) is 0 Å². The van der Waals surface area contributed by atoms with Crippen LogP contribution in [0.15, 0.2) is 36.5 Å². The average Bonchev–Trinajstić information content (AvgIpc) is 3.44. The SMILES string of the molecule is CCCn1nnc(-c2ccc(-c3ccc(N4C[C@H](C(O)C(F)F)OC4=O)cc3F)cn2)n1.O=P(O)(O)O. The van der Waals surface area contributed by atoms with E-state index < -0.39 is 38.4 Å². The first-order valence-corrected chi connectivity index (χ1v) is 12.2. The van der Waals surface area contributed by atoms with Gasteiger partial charge in [-0.3, -0.25) is 9.88 Å². The quantitative estimate of drug-likeness (QED) is 0.318. The van der Waals surface area contributed by atoms with E-state index in [0.717, 1.165) is 17.4 Å². The van der Waals surface area contributed by atoms with Crippen LogP contribution in [0.4, 0.5) is 23.7 Å². The summed E-state index contributed by atoms with van der Waals surface area (Å²) < 4.78 is 53.8. The number of cyclic esters (lactones) is 1. The monoisotopic (exact) mass is 546 g/mol. The minimum Gasteiger partial charge on any atom is -0.441 e. The molecule has 0 radical (unpaired) electrons. The van der Waals surface area contributed by atoms with Gasteiger partial charge >= 0.3 is 13.9 Å². The number of tetrazole rings is 1. The summed E-state index contributed by atoms with van der Waals surface area (Å²) in [4.78, 5) is 40.3. The number of aryl methyl sites for hydroxylation is 1. The Bertz CT molecular complexity index is 1270. The van der Waals surface area contributed by atoms with Gasteiger partial charge in [-0.05, 0) is 35.9 Å². The van der Waals surface area contributed by atoms with Crippen LogP contribution in [0.3, 0.4) is 0 Å². The largest absolute Gasteiger partial charge is 0.466 e. The molecule has 0 saturated carbocycles. The second kappa shape index (κ2) is 11.7. The van der Waals surface area contributed by atoms with Gasteiger partial charge in [0.2, 0.25) is 5.82 Å². The smallest absolute Gasteiger partial charge is 0.441 e. The van der Waals surface area contributed by atoms with Crippen LogP contribution in [0.1, 0.15) is 13.3 Å². The van der Waals surface area contributed by atoms with Crippen molar-refractivity contribution in [2.24, 2.45) is 0 Å². The molecule has 0 bridgehead atoms. The van der Waals surface area contributed by atoms with E-state index in [9.17, 15) is 23.1 Å². The average molecular weight is 546 g/mol. The van der Waals surface area contributed by atoms with Crippen molar-refractivity contribution in [2.75, 3.05) is 11.4 Å². The van der Waals surface area contributed by atoms with Crippen molar-refractivity contribution in [3.63, 3.8) is 0 Å². The highest BCUT2D eigenvalue weighted by Gasteiger charge is 2.40. The second-order valence-electron chi connectivity index (χ2n) is 7.68. The summed E-state index contributed by atoms with van der Waals surface area (Å²) in [5.74, 6) is -0.288. The van der Waals surface area contributed by atoms with Gasteiger partial charge in [0, 0.05) is 17.3 Å². The molecule has 1 fully saturated rings. The van der Waals surface area contributed by atoms with Crippen molar-refractivity contribution in [3.8, 4) is 22.6 Å². The maximum absolute atomic E-state index is 14.8. The van der Waals surface area contributed by atoms with Gasteiger partial charge in [0.25, 0.3) is 6.43 Å². The van der Waals surface area contributed by atoms with E-state index in [1.165, 1.54) is 23.1 Å². The number of hydrogen-bond acceptors (Lipinski definition) is 8. The van der Waals surface area contributed by atoms with Crippen molar-refractivity contribution < 1.29 is 47.1 Å². The number of ether oxygens (including phenoxy) is 1. The first-order chi connectivity index (χ1) is 17.4. The molecule has 4 N–H and O–H groups in total. The van der Waals surface area contributed by atoms with E-state index >= 15 is 0 Å². The van der Waals surface area contributed by atoms with Crippen molar-refractivity contribution in [1.82, 2.24) is 25.2 Å². The van der Waals surface area contributed by atoms with Crippen LogP contribution in [-0.2, 0) is 15.8 Å². The molecule has 2 atom stereocenters. The number of carbonyl (C=O) groups excluding carboxylic acids is 1. The minimum atomic E-state index is -4.64. The number of rotatable bonds is 7. The summed E-state index contributed by atoms with van der Waals surface area (Å²) in [6, 6.07) is 7.30. The maximum atomic E-state index is 14.8. The van der Waals surface area contributed by atoms with Gasteiger partial charge in [-0.15, -0.1) is 10.2 Å². The van der Waals surface area contributed by atoms with E-state index in [2.05, 4.69) is 20.4 Å². The van der Waals surface area contributed by atoms with Gasteiger partial charge in [-0.25, -0.2) is 22.5 Å². The number of aliphatic hydroxyl groups is 1. The van der Waals surface area contributed by atoms with Gasteiger partial charge in [0.15, 0.2) is 12.2 Å². The molecule has 1 saturated heterocycles. The first-order valence-electron chi connectivity index (χ1n) is 10.6. The van der Waals surface area contributed by atoms with E-state index in [-0.39, 0.29) is 17.8 Å². The van der Waals surface area contributed by atoms with E-state index in [1.807, 2.05) is 6.92 Å². The second-order valence-corrected chi connectivity index (χ2v) is 8.70. The predicted molar refractivity (Wildman–Crippen MR) is 121 cm³/mol. The van der Waals surface area contributed by atoms with Crippen LogP contribution >= 0.6 is 7.82 Å². The summed E-state index contributed by atoms with van der Waals surface area (Å²) in [5.41, 5.74) is 1.32. The van der Waals surface area contributed by atoms with Gasteiger partial charge in [-0.2, -0.15) is 4.80 Å². The molecule has 1 aliphatic rings. The highest BCUT2D eigenvalue weighted by Crippen LogP contribution is 2.30. The Morgan fingerprint density at radius 3 is 2.49 bits per heavy atom. The normalized spacial score (nSPS) is 16.4. The number of nitrogens with zero attached hydrogens (tertiary/aromatic N) is 6. The van der Waals surface area contributed by atoms with Gasteiger partial charge in [0.05, 0.1) is 18.8 Å². The number of benzene rings is 1. The number of amides is 1. The zero-order chi connectivity index (χ0) is 27.3. The standard InChI is InChI=1S/C20H19F3N6O3.H3O4P/c1-2-7-29-26-19(25-27-29)15-6-3-11(9-24-15)13-5-4-12(8-14(13)21)28-10-16(32-20(28)31)17(30)18(22)23;1-5(2,3)4/h3-6,8-9,16-18,30H,2,7,10H2,1H3;(H3,1,2,3,4)/t16-,17?;/m1./s1. The lowest BCUT2D eigenvalue weighted by molar-refractivity contribution is -0.0641. The fraction of sp³-hybridized carbons (Fsp3) is 0.350. The lowest BCUT2D eigenvalue weighted by atomic mass is 10.1. The fourth-order valence-electron chi connectivity index (χ4n) is 3.27. The molecule has 3 heterocycles. The molecular weight excluding hydrogens is 524 g/mol. The molecule has 13 nitrogen and oxygen atoms in total. The van der Waals surface area contributed by atoms with E-state index in [1.54, 1.807) is 12.1 Å². The van der Waals surface area contributed by atoms with Gasteiger partial charge in [0.1, 0.15) is 11.5 Å². The molecule has 0 aliphatic carbocycles. The zero-order valence-corrected chi connectivity index (χ0v) is 20.0. The molecular formula is C20H22F3N6O7P. The highest BCUT2D eigenvalue weighted by molar-refractivity contribution is 7.45. The number of alkyl halides is 2.